The highest BCUT2D eigenvalue weighted by atomic mass is 16.3. The number of aliphatic hydroxyl groups excluding tert-OH is 1. The van der Waals surface area contributed by atoms with Gasteiger partial charge in [0.2, 0.25) is 0 Å². The van der Waals surface area contributed by atoms with E-state index < -0.39 is 0 Å². The van der Waals surface area contributed by atoms with Crippen LogP contribution in [-0.4, -0.2) is 24.9 Å². The van der Waals surface area contributed by atoms with Gasteiger partial charge < -0.3 is 10.8 Å². The van der Waals surface area contributed by atoms with Gasteiger partial charge in [-0.15, -0.1) is 0 Å². The highest BCUT2D eigenvalue weighted by molar-refractivity contribution is 5.84. The average molecular weight is 385 g/mol. The minimum atomic E-state index is -0.103. The molecule has 0 aliphatic heterocycles. The molecule has 146 valence electrons. The van der Waals surface area contributed by atoms with Crippen molar-refractivity contribution in [3.63, 3.8) is 0 Å². The van der Waals surface area contributed by atoms with E-state index in [0.717, 1.165) is 46.3 Å². The van der Waals surface area contributed by atoms with Gasteiger partial charge >= 0.3 is 0 Å². The van der Waals surface area contributed by atoms with Crippen LogP contribution >= 0.6 is 0 Å². The predicted molar refractivity (Wildman–Crippen MR) is 114 cm³/mol. The molecule has 4 aromatic rings. The largest absolute Gasteiger partial charge is 0.405 e. The molecule has 0 fully saturated rings. The minimum Gasteiger partial charge on any atom is -0.405 e. The summed E-state index contributed by atoms with van der Waals surface area (Å²) in [7, 11) is 0. The fourth-order valence-corrected chi connectivity index (χ4v) is 3.22. The van der Waals surface area contributed by atoms with Gasteiger partial charge in [0.1, 0.15) is 0 Å². The van der Waals surface area contributed by atoms with Crippen molar-refractivity contribution in [3.8, 4) is 17.1 Å². The van der Waals surface area contributed by atoms with E-state index in [1.165, 1.54) is 0 Å². The number of fused-ring (bicyclic) bond motifs is 1. The van der Waals surface area contributed by atoms with Crippen LogP contribution in [0.15, 0.2) is 72.6 Å². The maximum atomic E-state index is 9.37. The van der Waals surface area contributed by atoms with E-state index in [4.69, 9.17) is 10.7 Å². The van der Waals surface area contributed by atoms with Crippen LogP contribution in [-0.2, 0) is 13.0 Å². The molecule has 0 atom stereocenters. The molecular formula is C23H23N5O. The van der Waals surface area contributed by atoms with Crippen LogP contribution in [0.3, 0.4) is 0 Å². The molecular weight excluding hydrogens is 362 g/mol. The Kier molecular flexibility index (Phi) is 5.35. The summed E-state index contributed by atoms with van der Waals surface area (Å²) < 4.78 is 1.79. The first-order chi connectivity index (χ1) is 14.2. The molecule has 0 aliphatic carbocycles. The molecule has 0 bridgehead atoms. The summed E-state index contributed by atoms with van der Waals surface area (Å²) in [6.45, 7) is 1.92. The Morgan fingerprint density at radius 3 is 2.72 bits per heavy atom. The van der Waals surface area contributed by atoms with Gasteiger partial charge in [-0.1, -0.05) is 29.8 Å². The van der Waals surface area contributed by atoms with E-state index in [1.54, 1.807) is 16.9 Å². The van der Waals surface area contributed by atoms with E-state index in [1.807, 2.05) is 49.5 Å². The summed E-state index contributed by atoms with van der Waals surface area (Å²) in [5, 5.41) is 14.9. The van der Waals surface area contributed by atoms with Crippen molar-refractivity contribution < 1.29 is 5.11 Å². The van der Waals surface area contributed by atoms with Crippen LogP contribution in [0.5, 0.6) is 0 Å². The van der Waals surface area contributed by atoms with Gasteiger partial charge in [0.25, 0.3) is 0 Å². The number of allylic oxidation sites excluding steroid dienone is 1. The number of aromatic nitrogens is 4. The lowest BCUT2D eigenvalue weighted by atomic mass is 10.1. The number of hydrogen-bond acceptors (Lipinski definition) is 5. The molecule has 0 saturated heterocycles. The Morgan fingerprint density at radius 1 is 1.07 bits per heavy atom. The van der Waals surface area contributed by atoms with Crippen LogP contribution in [0.2, 0.25) is 0 Å². The normalized spacial score (nSPS) is 11.9. The lowest BCUT2D eigenvalue weighted by Gasteiger charge is -2.07. The maximum absolute atomic E-state index is 9.37. The first-order valence-electron chi connectivity index (χ1n) is 9.56. The first kappa shape index (κ1) is 18.8. The third kappa shape index (κ3) is 4.02. The maximum Gasteiger partial charge on any atom is 0.154 e. The number of hydrogen-bond donors (Lipinski definition) is 2. The molecule has 6 heteroatoms. The molecule has 0 saturated carbocycles. The number of aliphatic hydroxyl groups is 1. The number of rotatable bonds is 6. The Bertz CT molecular complexity index is 1180. The van der Waals surface area contributed by atoms with Gasteiger partial charge in [-0.25, -0.2) is 9.67 Å². The van der Waals surface area contributed by atoms with E-state index in [2.05, 4.69) is 22.2 Å². The Morgan fingerprint density at radius 2 is 1.90 bits per heavy atom. The molecule has 0 spiro atoms. The van der Waals surface area contributed by atoms with Crippen LogP contribution < -0.4 is 5.73 Å². The lowest BCUT2D eigenvalue weighted by Crippen LogP contribution is -2.01. The van der Waals surface area contributed by atoms with Crippen molar-refractivity contribution in [1.82, 2.24) is 19.7 Å². The van der Waals surface area contributed by atoms with Gasteiger partial charge in [0, 0.05) is 16.6 Å². The SMILES string of the molecule is CC(=CN)CCc1cccc(-c2ccc3cnn(-c4cccc(CO)n4)c3c2)n1. The molecule has 6 nitrogen and oxygen atoms in total. The summed E-state index contributed by atoms with van der Waals surface area (Å²) in [6, 6.07) is 17.8. The fraction of sp³-hybridized carbons (Fsp3) is 0.174. The van der Waals surface area contributed by atoms with Crippen molar-refractivity contribution in [2.24, 2.45) is 5.73 Å². The number of pyridine rings is 2. The van der Waals surface area contributed by atoms with E-state index in [9.17, 15) is 5.11 Å². The summed E-state index contributed by atoms with van der Waals surface area (Å²) >= 11 is 0. The summed E-state index contributed by atoms with van der Waals surface area (Å²) in [5.41, 5.74) is 11.3. The second-order valence-corrected chi connectivity index (χ2v) is 7.00. The molecule has 29 heavy (non-hydrogen) atoms. The number of aryl methyl sites for hydroxylation is 1. The van der Waals surface area contributed by atoms with Gasteiger partial charge in [0.15, 0.2) is 5.82 Å². The van der Waals surface area contributed by atoms with E-state index in [0.29, 0.717) is 11.5 Å². The van der Waals surface area contributed by atoms with Crippen LogP contribution in [0.1, 0.15) is 24.7 Å². The van der Waals surface area contributed by atoms with Crippen molar-refractivity contribution in [2.45, 2.75) is 26.4 Å². The van der Waals surface area contributed by atoms with Crippen LogP contribution in [0, 0.1) is 0 Å². The molecule has 3 N–H and O–H groups in total. The van der Waals surface area contributed by atoms with E-state index in [-0.39, 0.29) is 6.61 Å². The molecule has 4 rings (SSSR count). The van der Waals surface area contributed by atoms with Gasteiger partial charge in [-0.2, -0.15) is 5.10 Å². The summed E-state index contributed by atoms with van der Waals surface area (Å²) in [4.78, 5) is 9.29. The van der Waals surface area contributed by atoms with Gasteiger partial charge in [0.05, 0.1) is 29.7 Å². The van der Waals surface area contributed by atoms with Crippen molar-refractivity contribution in [3.05, 3.63) is 84.0 Å². The molecule has 1 aromatic carbocycles. The zero-order valence-corrected chi connectivity index (χ0v) is 16.3. The average Bonchev–Trinajstić information content (AvgIpc) is 3.21. The van der Waals surface area contributed by atoms with Crippen molar-refractivity contribution >= 4 is 10.9 Å². The third-order valence-corrected chi connectivity index (χ3v) is 4.90. The fourth-order valence-electron chi connectivity index (χ4n) is 3.22. The molecule has 0 unspecified atom stereocenters. The standard InChI is InChI=1S/C23H23N5O/c1-16(13-24)8-11-19-4-2-6-21(26-19)17-9-10-18-14-25-28(22(18)12-17)23-7-3-5-20(15-29)27-23/h2-7,9-10,12-14,29H,8,11,15,24H2,1H3. The third-order valence-electron chi connectivity index (χ3n) is 4.90. The van der Waals surface area contributed by atoms with Crippen molar-refractivity contribution in [1.29, 1.82) is 0 Å². The second-order valence-electron chi connectivity index (χ2n) is 7.00. The monoisotopic (exact) mass is 385 g/mol. The zero-order valence-electron chi connectivity index (χ0n) is 16.3. The van der Waals surface area contributed by atoms with E-state index >= 15 is 0 Å². The Labute approximate surface area is 169 Å². The quantitative estimate of drug-likeness (QED) is 0.527. The molecule has 0 amide bonds. The first-order valence-corrected chi connectivity index (χ1v) is 9.56. The van der Waals surface area contributed by atoms with Crippen molar-refractivity contribution in [2.75, 3.05) is 0 Å². The smallest absolute Gasteiger partial charge is 0.154 e. The Balaban J connectivity index is 1.70. The molecule has 3 aromatic heterocycles. The topological polar surface area (TPSA) is 89.8 Å². The Hall–Kier alpha value is -3.51. The number of nitrogens with two attached hydrogens (primary N) is 1. The predicted octanol–water partition coefficient (Wildman–Crippen LogP) is 3.77. The summed E-state index contributed by atoms with van der Waals surface area (Å²) in [5.74, 6) is 0.675. The minimum absolute atomic E-state index is 0.103. The lowest BCUT2D eigenvalue weighted by molar-refractivity contribution is 0.276. The molecule has 3 heterocycles. The molecule has 0 aliphatic rings. The van der Waals surface area contributed by atoms with Crippen LogP contribution in [0.25, 0.3) is 28.0 Å². The van der Waals surface area contributed by atoms with Gasteiger partial charge in [-0.05, 0) is 56.3 Å². The zero-order chi connectivity index (χ0) is 20.2. The highest BCUT2D eigenvalue weighted by Gasteiger charge is 2.10. The summed E-state index contributed by atoms with van der Waals surface area (Å²) in [6.07, 6.45) is 5.22. The number of nitrogens with zero attached hydrogens (tertiary/aromatic N) is 4. The molecule has 0 radical (unpaired) electrons. The van der Waals surface area contributed by atoms with Crippen LogP contribution in [0.4, 0.5) is 0 Å². The number of benzene rings is 1. The van der Waals surface area contributed by atoms with Gasteiger partial charge in [-0.3, -0.25) is 4.98 Å². The second kappa shape index (κ2) is 8.24. The highest BCUT2D eigenvalue weighted by Crippen LogP contribution is 2.25.